The second kappa shape index (κ2) is 34.4. The highest BCUT2D eigenvalue weighted by Crippen LogP contribution is 2.36. The Labute approximate surface area is 626 Å². The summed E-state index contributed by atoms with van der Waals surface area (Å²) in [5.74, 6) is 0. The maximum atomic E-state index is 7.57. The zero-order valence-electron chi connectivity index (χ0n) is 72.4. The smallest absolute Gasteiger partial charge is 0.201 e. The number of hydrogen-bond acceptors (Lipinski definition) is 0. The first kappa shape index (κ1) is 78.0. The van der Waals surface area contributed by atoms with Gasteiger partial charge >= 0.3 is 0 Å². The lowest BCUT2D eigenvalue weighted by molar-refractivity contribution is -0.661. The molecule has 0 aliphatic heterocycles. The first-order valence-electron chi connectivity index (χ1n) is 39.2. The van der Waals surface area contributed by atoms with E-state index >= 15 is 0 Å². The summed E-state index contributed by atoms with van der Waals surface area (Å²) in [5.41, 5.74) is 35.5. The largest absolute Gasteiger partial charge is 0.212 e. The van der Waals surface area contributed by atoms with Gasteiger partial charge in [0, 0.05) is 90.1 Å². The van der Waals surface area contributed by atoms with Crippen molar-refractivity contribution in [1.82, 2.24) is 0 Å². The van der Waals surface area contributed by atoms with Crippen molar-refractivity contribution in [3.8, 4) is 56.3 Å². The van der Waals surface area contributed by atoms with E-state index in [-0.39, 0.29) is 27.1 Å². The Morgan fingerprint density at radius 3 is 0.775 bits per heavy atom. The van der Waals surface area contributed by atoms with Gasteiger partial charge in [0.05, 0.1) is 0 Å². The fourth-order valence-electron chi connectivity index (χ4n) is 14.0. The third-order valence-electron chi connectivity index (χ3n) is 22.8. The second-order valence-electron chi connectivity index (χ2n) is 32.9. The van der Waals surface area contributed by atoms with Gasteiger partial charge in [-0.25, -0.2) is 22.8 Å². The number of nitrogens with zero attached hydrogens (tertiary/aromatic N) is 5. The molecule has 0 aliphatic carbocycles. The van der Waals surface area contributed by atoms with Gasteiger partial charge in [0.2, 0.25) is 28.5 Å². The molecule has 0 radical (unpaired) electrons. The number of hydrogen-bond donors (Lipinski definition) is 0. The number of rotatable bonds is 15. The van der Waals surface area contributed by atoms with Gasteiger partial charge in [-0.15, -0.1) is 0 Å². The molecule has 5 heteroatoms. The minimum atomic E-state index is -2.06. The Morgan fingerprint density at radius 1 is 0.255 bits per heavy atom. The molecular weight excluding hydrogens is 1240 g/mol. The molecule has 0 saturated carbocycles. The van der Waals surface area contributed by atoms with Gasteiger partial charge in [0.15, 0.2) is 31.0 Å². The molecule has 0 bridgehead atoms. The van der Waals surface area contributed by atoms with Crippen molar-refractivity contribution < 1.29 is 26.9 Å². The average molecular weight is 1370 g/mol. The van der Waals surface area contributed by atoms with Crippen molar-refractivity contribution in [2.24, 2.45) is 35.2 Å². The van der Waals surface area contributed by atoms with E-state index in [1.54, 1.807) is 12.1 Å². The molecular formula is C97H134N5+5. The molecule has 0 fully saturated rings. The maximum Gasteiger partial charge on any atom is 0.212 e. The van der Waals surface area contributed by atoms with Crippen LogP contribution in [0.5, 0.6) is 0 Å². The molecule has 5 aromatic heterocycles. The predicted molar refractivity (Wildman–Crippen MR) is 439 cm³/mol. The van der Waals surface area contributed by atoms with Gasteiger partial charge in [-0.1, -0.05) is 193 Å². The molecule has 10 rings (SSSR count). The van der Waals surface area contributed by atoms with Crippen LogP contribution in [0.1, 0.15) is 235 Å². The van der Waals surface area contributed by atoms with Crippen LogP contribution in [0.2, 0.25) is 0 Å². The molecule has 0 amide bonds. The van der Waals surface area contributed by atoms with Crippen LogP contribution >= 0.6 is 0 Å². The Kier molecular flexibility index (Phi) is 26.3. The van der Waals surface area contributed by atoms with Gasteiger partial charge in [-0.05, 0) is 229 Å². The summed E-state index contributed by atoms with van der Waals surface area (Å²) in [6.45, 7) is 56.1. The first-order chi connectivity index (χ1) is 48.8. The SMILES string of the molecule is CCC(C)(C)c1c[n+](C)c(-c2ccc(C)cc2C)cc1C.CCC(C)(C)c1c[n+](C)c(-c2ccccc2C)cc1C.CCC(C)(C)c1c[n+](C)c(-c2ccccc2C)cc1C.CCC(C)(C)c1ccc(-c2ccc(C)cc2C)[n+](C)c1.[2H]C([2H])([2H])c1ccc(-c2cc(C)c(C(C)(C)CC)c[n+]2C)c(C)c1. The van der Waals surface area contributed by atoms with Crippen LogP contribution in [0.15, 0.2) is 171 Å². The van der Waals surface area contributed by atoms with Crippen molar-refractivity contribution in [2.45, 2.75) is 246 Å². The molecule has 102 heavy (non-hydrogen) atoms. The van der Waals surface area contributed by atoms with Gasteiger partial charge in [0.25, 0.3) is 0 Å². The predicted octanol–water partition coefficient (Wildman–Crippen LogP) is 23.0. The van der Waals surface area contributed by atoms with Crippen LogP contribution < -0.4 is 22.8 Å². The third kappa shape index (κ3) is 20.0. The maximum absolute atomic E-state index is 7.57. The average Bonchev–Trinajstić information content (AvgIpc) is 0.805. The zero-order chi connectivity index (χ0) is 78.8. The highest BCUT2D eigenvalue weighted by molar-refractivity contribution is 5.66. The van der Waals surface area contributed by atoms with Crippen molar-refractivity contribution in [2.75, 3.05) is 0 Å². The van der Waals surface area contributed by atoms with E-state index in [0.717, 1.165) is 48.9 Å². The van der Waals surface area contributed by atoms with Crippen molar-refractivity contribution in [3.63, 3.8) is 0 Å². The van der Waals surface area contributed by atoms with Crippen LogP contribution in [0.3, 0.4) is 0 Å². The minimum absolute atomic E-state index is 0.139. The van der Waals surface area contributed by atoms with E-state index in [1.807, 2.05) is 13.0 Å². The van der Waals surface area contributed by atoms with Crippen LogP contribution in [-0.4, -0.2) is 0 Å². The lowest BCUT2D eigenvalue weighted by Crippen LogP contribution is -2.34. The van der Waals surface area contributed by atoms with Gasteiger partial charge in [0.1, 0.15) is 35.2 Å². The molecule has 0 aliphatic rings. The Bertz CT molecular complexity index is 4550. The monoisotopic (exact) mass is 1370 g/mol. The molecule has 5 nitrogen and oxygen atoms in total. The molecule has 542 valence electrons. The quantitative estimate of drug-likeness (QED) is 0.0912. The highest BCUT2D eigenvalue weighted by atomic mass is 14.9. The van der Waals surface area contributed by atoms with E-state index in [9.17, 15) is 0 Å². The zero-order valence-corrected chi connectivity index (χ0v) is 69.4. The molecule has 0 spiro atoms. The topological polar surface area (TPSA) is 19.4 Å². The van der Waals surface area contributed by atoms with Crippen LogP contribution in [0.25, 0.3) is 56.3 Å². The van der Waals surface area contributed by atoms with Gasteiger partial charge in [-0.2, -0.15) is 0 Å². The summed E-state index contributed by atoms with van der Waals surface area (Å²) in [7, 11) is 10.7. The van der Waals surface area contributed by atoms with Gasteiger partial charge in [-0.3, -0.25) is 0 Å². The Balaban J connectivity index is 0.000000206. The summed E-state index contributed by atoms with van der Waals surface area (Å²) >= 11 is 0. The van der Waals surface area contributed by atoms with E-state index in [1.165, 1.54) is 128 Å². The number of aromatic nitrogens is 5. The van der Waals surface area contributed by atoms with Crippen molar-refractivity contribution >= 4 is 0 Å². The summed E-state index contributed by atoms with van der Waals surface area (Å²) in [6, 6.07) is 49.7. The van der Waals surface area contributed by atoms with Crippen molar-refractivity contribution in [1.29, 1.82) is 0 Å². The molecule has 0 unspecified atom stereocenters. The number of pyridine rings is 5. The van der Waals surface area contributed by atoms with Crippen LogP contribution in [0, 0.1) is 83.0 Å². The molecule has 0 saturated heterocycles. The first-order valence-corrected chi connectivity index (χ1v) is 37.7. The summed E-state index contributed by atoms with van der Waals surface area (Å²) in [4.78, 5) is 0. The fourth-order valence-corrected chi connectivity index (χ4v) is 14.0. The van der Waals surface area contributed by atoms with E-state index in [2.05, 4.69) is 383 Å². The molecule has 5 aromatic carbocycles. The minimum Gasteiger partial charge on any atom is -0.201 e. The third-order valence-corrected chi connectivity index (χ3v) is 22.8. The standard InChI is InChI=1S/2C20H28N.3C19H26N/c2*1-8-20(5,6)18-13-21(7)19(12-16(18)4)17-10-9-14(2)11-15(17)3;1-7-19(4,5)16-9-11-18(20(6)13-16)17-10-8-14(2)12-15(17)3;2*1-7-19(4,5)17-13-20(6)18(12-15(17)3)16-11-9-8-10-14(16)2/h2*9-13H,8H2,1-7H3;3*8-13H,7H2,1-6H3/q5*+1/i2D3;;;;. The van der Waals surface area contributed by atoms with E-state index < -0.39 is 6.85 Å². The molecule has 0 atom stereocenters. The summed E-state index contributed by atoms with van der Waals surface area (Å²) in [5, 5.41) is 0. The molecule has 0 N–H and O–H groups in total. The lowest BCUT2D eigenvalue weighted by Gasteiger charge is -2.24. The lowest BCUT2D eigenvalue weighted by atomic mass is 9.80. The fraction of sp³-hybridized carbons (Fsp3) is 0.433. The Morgan fingerprint density at radius 2 is 0.510 bits per heavy atom. The summed E-state index contributed by atoms with van der Waals surface area (Å²) in [6.07, 6.45) is 17.1. The van der Waals surface area contributed by atoms with Crippen molar-refractivity contribution in [3.05, 3.63) is 265 Å². The highest BCUT2D eigenvalue weighted by Gasteiger charge is 2.31. The summed E-state index contributed by atoms with van der Waals surface area (Å²) < 4.78 is 33.9. The van der Waals surface area contributed by atoms with Crippen LogP contribution in [0.4, 0.5) is 0 Å². The van der Waals surface area contributed by atoms with Gasteiger partial charge < -0.3 is 0 Å². The molecule has 10 aromatic rings. The number of benzene rings is 5. The van der Waals surface area contributed by atoms with Crippen LogP contribution in [-0.2, 0) is 62.3 Å². The van der Waals surface area contributed by atoms with E-state index in [0.29, 0.717) is 5.56 Å². The Hall–Kier alpha value is -8.15. The second-order valence-corrected chi connectivity index (χ2v) is 32.9. The number of aryl methyl sites for hydroxylation is 17. The normalized spacial score (nSPS) is 12.3. The molecule has 5 heterocycles. The van der Waals surface area contributed by atoms with E-state index in [4.69, 9.17) is 4.11 Å².